The highest BCUT2D eigenvalue weighted by atomic mass is 35.5. The van der Waals surface area contributed by atoms with Gasteiger partial charge in [-0.2, -0.15) is 4.98 Å². The molecule has 1 aromatic carbocycles. The monoisotopic (exact) mass is 344 g/mol. The molecule has 0 saturated carbocycles. The van der Waals surface area contributed by atoms with Crippen molar-refractivity contribution in [1.29, 1.82) is 0 Å². The number of nitrogens with two attached hydrogens (primary N) is 1. The number of aromatic nitrogens is 2. The van der Waals surface area contributed by atoms with Gasteiger partial charge in [0.25, 0.3) is 0 Å². The second-order valence-electron chi connectivity index (χ2n) is 5.12. The van der Waals surface area contributed by atoms with Crippen molar-refractivity contribution in [3.63, 3.8) is 0 Å². The molecule has 23 heavy (non-hydrogen) atoms. The average molecular weight is 345 g/mol. The van der Waals surface area contributed by atoms with Gasteiger partial charge in [0, 0.05) is 10.9 Å². The predicted molar refractivity (Wildman–Crippen MR) is 97.1 cm³/mol. The van der Waals surface area contributed by atoms with Gasteiger partial charge >= 0.3 is 0 Å². The number of nitrogens with one attached hydrogen (secondary N) is 1. The highest BCUT2D eigenvalue weighted by molar-refractivity contribution is 7.10. The molecule has 1 atom stereocenters. The van der Waals surface area contributed by atoms with Crippen LogP contribution in [0.3, 0.4) is 0 Å². The third-order valence-electron chi connectivity index (χ3n) is 3.55. The lowest BCUT2D eigenvalue weighted by atomic mass is 10.0. The van der Waals surface area contributed by atoms with Crippen LogP contribution in [0.15, 0.2) is 47.8 Å². The van der Waals surface area contributed by atoms with E-state index in [-0.39, 0.29) is 12.0 Å². The van der Waals surface area contributed by atoms with Gasteiger partial charge in [-0.15, -0.1) is 11.3 Å². The zero-order valence-electron chi connectivity index (χ0n) is 12.7. The fraction of sp³-hybridized carbons (Fsp3) is 0.176. The van der Waals surface area contributed by atoms with Crippen molar-refractivity contribution in [3.8, 4) is 0 Å². The maximum absolute atomic E-state index is 5.98. The number of hydrogen-bond donors (Lipinski definition) is 2. The van der Waals surface area contributed by atoms with Crippen molar-refractivity contribution >= 4 is 34.7 Å². The minimum atomic E-state index is -0.00808. The van der Waals surface area contributed by atoms with Gasteiger partial charge in [-0.25, -0.2) is 4.98 Å². The Bertz CT molecular complexity index is 752. The van der Waals surface area contributed by atoms with Crippen LogP contribution < -0.4 is 11.1 Å². The van der Waals surface area contributed by atoms with Gasteiger partial charge in [0.15, 0.2) is 0 Å². The third-order valence-corrected chi connectivity index (χ3v) is 4.68. The van der Waals surface area contributed by atoms with Crippen LogP contribution in [0.5, 0.6) is 0 Å². The van der Waals surface area contributed by atoms with Crippen molar-refractivity contribution in [2.45, 2.75) is 19.4 Å². The molecule has 2 aromatic heterocycles. The van der Waals surface area contributed by atoms with Gasteiger partial charge in [0.1, 0.15) is 11.0 Å². The average Bonchev–Trinajstić information content (AvgIpc) is 3.06. The van der Waals surface area contributed by atoms with Crippen LogP contribution >= 0.6 is 22.9 Å². The van der Waals surface area contributed by atoms with Crippen molar-refractivity contribution in [2.24, 2.45) is 0 Å². The van der Waals surface area contributed by atoms with Crippen molar-refractivity contribution in [3.05, 3.63) is 69.0 Å². The van der Waals surface area contributed by atoms with E-state index in [0.717, 1.165) is 12.0 Å². The lowest BCUT2D eigenvalue weighted by molar-refractivity contribution is 0.943. The molecule has 0 aliphatic heterocycles. The molecule has 3 aromatic rings. The first-order valence-corrected chi connectivity index (χ1v) is 8.60. The molecule has 3 rings (SSSR count). The van der Waals surface area contributed by atoms with Gasteiger partial charge in [-0.3, -0.25) is 0 Å². The summed E-state index contributed by atoms with van der Waals surface area (Å²) in [4.78, 5) is 9.31. The van der Waals surface area contributed by atoms with Crippen LogP contribution in [-0.4, -0.2) is 9.97 Å². The van der Waals surface area contributed by atoms with E-state index in [4.69, 9.17) is 17.3 Å². The summed E-state index contributed by atoms with van der Waals surface area (Å²) in [5.74, 6) is 0.770. The topological polar surface area (TPSA) is 63.8 Å². The standard InChI is InChI=1S/C17H17ClN4S/c1-2-11-5-7-12(8-6-11)16(13-4-3-9-23-13)21-15-10-14(18)20-17(19)22-15/h3-10,16H,2H2,1H3,(H3,19,20,21,22)/t16-/m1/s1. The third kappa shape index (κ3) is 3.81. The van der Waals surface area contributed by atoms with Crippen LogP contribution in [-0.2, 0) is 6.42 Å². The smallest absolute Gasteiger partial charge is 0.223 e. The Morgan fingerprint density at radius 2 is 2.00 bits per heavy atom. The van der Waals surface area contributed by atoms with E-state index < -0.39 is 0 Å². The maximum atomic E-state index is 5.98. The Morgan fingerprint density at radius 1 is 1.22 bits per heavy atom. The molecule has 0 aliphatic carbocycles. The largest absolute Gasteiger partial charge is 0.368 e. The van der Waals surface area contributed by atoms with E-state index >= 15 is 0 Å². The van der Waals surface area contributed by atoms with Crippen molar-refractivity contribution < 1.29 is 0 Å². The molecule has 4 nitrogen and oxygen atoms in total. The number of anilines is 2. The first kappa shape index (κ1) is 15.8. The fourth-order valence-electron chi connectivity index (χ4n) is 2.38. The molecule has 6 heteroatoms. The van der Waals surface area contributed by atoms with Gasteiger partial charge in [-0.1, -0.05) is 48.9 Å². The highest BCUT2D eigenvalue weighted by Gasteiger charge is 2.16. The second-order valence-corrected chi connectivity index (χ2v) is 6.49. The van der Waals surface area contributed by atoms with Gasteiger partial charge in [0.05, 0.1) is 6.04 Å². The van der Waals surface area contributed by atoms with Gasteiger partial charge in [0.2, 0.25) is 5.95 Å². The maximum Gasteiger partial charge on any atom is 0.223 e. The van der Waals surface area contributed by atoms with Crippen LogP contribution in [0.4, 0.5) is 11.8 Å². The number of aryl methyl sites for hydroxylation is 1. The number of hydrogen-bond acceptors (Lipinski definition) is 5. The van der Waals surface area contributed by atoms with Crippen LogP contribution in [0.1, 0.15) is 29.0 Å². The summed E-state index contributed by atoms with van der Waals surface area (Å²) in [7, 11) is 0. The van der Waals surface area contributed by atoms with E-state index in [1.165, 1.54) is 10.4 Å². The Hall–Kier alpha value is -2.11. The zero-order valence-corrected chi connectivity index (χ0v) is 14.2. The summed E-state index contributed by atoms with van der Waals surface area (Å²) >= 11 is 7.67. The summed E-state index contributed by atoms with van der Waals surface area (Å²) in [5.41, 5.74) is 8.16. The number of benzene rings is 1. The van der Waals surface area contributed by atoms with Gasteiger partial charge < -0.3 is 11.1 Å². The molecular weight excluding hydrogens is 328 g/mol. The second kappa shape index (κ2) is 6.98. The summed E-state index contributed by atoms with van der Waals surface area (Å²) in [6, 6.07) is 14.4. The molecule has 0 amide bonds. The summed E-state index contributed by atoms with van der Waals surface area (Å²) < 4.78 is 0. The molecule has 0 bridgehead atoms. The SMILES string of the molecule is CCc1ccc([C@@H](Nc2cc(Cl)nc(N)n2)c2cccs2)cc1. The van der Waals surface area contributed by atoms with E-state index in [2.05, 4.69) is 57.9 Å². The number of nitrogens with zero attached hydrogens (tertiary/aromatic N) is 2. The first-order chi connectivity index (χ1) is 11.2. The minimum Gasteiger partial charge on any atom is -0.368 e. The number of thiophene rings is 1. The predicted octanol–water partition coefficient (Wildman–Crippen LogP) is 4.54. The summed E-state index contributed by atoms with van der Waals surface area (Å²) in [6.45, 7) is 2.15. The molecule has 0 spiro atoms. The normalized spacial score (nSPS) is 12.1. The minimum absolute atomic E-state index is 0.00808. The summed E-state index contributed by atoms with van der Waals surface area (Å²) in [6.07, 6.45) is 1.02. The van der Waals surface area contributed by atoms with Crippen LogP contribution in [0.25, 0.3) is 0 Å². The first-order valence-electron chi connectivity index (χ1n) is 7.34. The Morgan fingerprint density at radius 3 is 2.61 bits per heavy atom. The summed E-state index contributed by atoms with van der Waals surface area (Å²) in [5, 5.41) is 5.80. The van der Waals surface area contributed by atoms with E-state index in [9.17, 15) is 0 Å². The molecule has 0 unspecified atom stereocenters. The molecular formula is C17H17ClN4S. The lowest BCUT2D eigenvalue weighted by Gasteiger charge is -2.19. The number of halogens is 1. The fourth-order valence-corrected chi connectivity index (χ4v) is 3.37. The number of rotatable bonds is 5. The highest BCUT2D eigenvalue weighted by Crippen LogP contribution is 2.30. The number of nitrogen functional groups attached to an aromatic ring is 1. The quantitative estimate of drug-likeness (QED) is 0.667. The molecule has 0 fully saturated rings. The zero-order chi connectivity index (χ0) is 16.2. The van der Waals surface area contributed by atoms with E-state index in [1.807, 2.05) is 6.07 Å². The van der Waals surface area contributed by atoms with E-state index in [0.29, 0.717) is 11.0 Å². The molecule has 0 radical (unpaired) electrons. The Labute approximate surface area is 144 Å². The van der Waals surface area contributed by atoms with Crippen molar-refractivity contribution in [1.82, 2.24) is 9.97 Å². The van der Waals surface area contributed by atoms with Crippen LogP contribution in [0.2, 0.25) is 5.15 Å². The molecule has 0 saturated heterocycles. The van der Waals surface area contributed by atoms with Gasteiger partial charge in [-0.05, 0) is 29.0 Å². The molecule has 0 aliphatic rings. The van der Waals surface area contributed by atoms with Crippen molar-refractivity contribution in [2.75, 3.05) is 11.1 Å². The van der Waals surface area contributed by atoms with E-state index in [1.54, 1.807) is 17.4 Å². The molecule has 2 heterocycles. The molecule has 118 valence electrons. The Kier molecular flexibility index (Phi) is 4.79. The lowest BCUT2D eigenvalue weighted by Crippen LogP contribution is -2.13. The van der Waals surface area contributed by atoms with Crippen LogP contribution in [0, 0.1) is 0 Å². The Balaban J connectivity index is 1.95. The molecule has 3 N–H and O–H groups in total.